The number of carbonyl (C=O) groups excluding carboxylic acids is 1. The van der Waals surface area contributed by atoms with Gasteiger partial charge in [0.25, 0.3) is 0 Å². The first-order valence-corrected chi connectivity index (χ1v) is 5.36. The minimum Gasteiger partial charge on any atom is -0.323 e. The Morgan fingerprint density at radius 1 is 1.20 bits per heavy atom. The Labute approximate surface area is 90.1 Å². The first kappa shape index (κ1) is 10.0. The smallest absolute Gasteiger partial charge is 0.323 e. The van der Waals surface area contributed by atoms with Crippen LogP contribution in [0.5, 0.6) is 0 Å². The van der Waals surface area contributed by atoms with E-state index in [4.69, 9.17) is 0 Å². The van der Waals surface area contributed by atoms with Crippen molar-refractivity contribution >= 4 is 6.03 Å². The maximum atomic E-state index is 11.6. The first-order chi connectivity index (χ1) is 7.36. The van der Waals surface area contributed by atoms with Crippen LogP contribution in [-0.2, 0) is 6.54 Å². The third-order valence-electron chi connectivity index (χ3n) is 2.62. The minimum absolute atomic E-state index is 0.0589. The maximum absolute atomic E-state index is 11.6. The molecule has 0 atom stereocenters. The Bertz CT molecular complexity index is 318. The standard InChI is InChI=1S/C12H15N2O/c15-12(14-8-4-5-9-14)13-10-11-6-2-1-3-7-11/h1-3,6-7H,4-5,8-10H2. The zero-order valence-electron chi connectivity index (χ0n) is 8.72. The molecule has 79 valence electrons. The van der Waals surface area contributed by atoms with Crippen molar-refractivity contribution in [1.29, 1.82) is 0 Å². The molecule has 1 aromatic carbocycles. The number of urea groups is 1. The van der Waals surface area contributed by atoms with Crippen LogP contribution in [0.2, 0.25) is 0 Å². The normalized spacial score (nSPS) is 15.3. The number of hydrogen-bond acceptors (Lipinski definition) is 1. The fourth-order valence-corrected chi connectivity index (χ4v) is 1.75. The second kappa shape index (κ2) is 4.82. The molecule has 15 heavy (non-hydrogen) atoms. The molecule has 1 saturated heterocycles. The molecule has 3 nitrogen and oxygen atoms in total. The quantitative estimate of drug-likeness (QED) is 0.724. The first-order valence-electron chi connectivity index (χ1n) is 5.36. The van der Waals surface area contributed by atoms with Crippen molar-refractivity contribution in [2.75, 3.05) is 13.1 Å². The van der Waals surface area contributed by atoms with Crippen LogP contribution in [0, 0.1) is 0 Å². The summed E-state index contributed by atoms with van der Waals surface area (Å²) in [5, 5.41) is 4.06. The van der Waals surface area contributed by atoms with Crippen LogP contribution in [0.4, 0.5) is 4.79 Å². The van der Waals surface area contributed by atoms with E-state index in [0.717, 1.165) is 31.5 Å². The molecule has 0 bridgehead atoms. The van der Waals surface area contributed by atoms with Gasteiger partial charge in [-0.25, -0.2) is 10.1 Å². The molecule has 0 aliphatic carbocycles. The molecule has 3 heteroatoms. The molecule has 0 aromatic heterocycles. The van der Waals surface area contributed by atoms with Crippen molar-refractivity contribution in [2.45, 2.75) is 19.4 Å². The van der Waals surface area contributed by atoms with Crippen LogP contribution in [0.3, 0.4) is 0 Å². The van der Waals surface area contributed by atoms with Gasteiger partial charge >= 0.3 is 6.03 Å². The zero-order chi connectivity index (χ0) is 10.5. The van der Waals surface area contributed by atoms with Gasteiger partial charge in [-0.3, -0.25) is 0 Å². The SMILES string of the molecule is O=C([N]Cc1ccccc1)N1CCCC1. The number of amides is 2. The molecule has 1 aliphatic heterocycles. The van der Waals surface area contributed by atoms with E-state index in [-0.39, 0.29) is 6.03 Å². The lowest BCUT2D eigenvalue weighted by Crippen LogP contribution is -2.33. The Balaban J connectivity index is 1.80. The third-order valence-corrected chi connectivity index (χ3v) is 2.62. The van der Waals surface area contributed by atoms with Gasteiger partial charge in [-0.2, -0.15) is 0 Å². The van der Waals surface area contributed by atoms with Gasteiger partial charge in [0.2, 0.25) is 0 Å². The van der Waals surface area contributed by atoms with Gasteiger partial charge in [0, 0.05) is 13.1 Å². The summed E-state index contributed by atoms with van der Waals surface area (Å²) in [6.45, 7) is 2.24. The summed E-state index contributed by atoms with van der Waals surface area (Å²) in [5.74, 6) is 0. The molecule has 0 unspecified atom stereocenters. The minimum atomic E-state index is -0.0589. The average molecular weight is 203 g/mol. The second-order valence-electron chi connectivity index (χ2n) is 3.78. The van der Waals surface area contributed by atoms with Crippen LogP contribution in [0.15, 0.2) is 30.3 Å². The lowest BCUT2D eigenvalue weighted by atomic mass is 10.2. The topological polar surface area (TPSA) is 34.4 Å². The van der Waals surface area contributed by atoms with E-state index in [2.05, 4.69) is 5.32 Å². The van der Waals surface area contributed by atoms with Crippen LogP contribution in [-0.4, -0.2) is 24.0 Å². The lowest BCUT2D eigenvalue weighted by molar-refractivity contribution is 0.207. The van der Waals surface area contributed by atoms with E-state index < -0.39 is 0 Å². The maximum Gasteiger partial charge on any atom is 0.339 e. The molecular weight excluding hydrogens is 188 g/mol. The summed E-state index contributed by atoms with van der Waals surface area (Å²) in [6.07, 6.45) is 2.24. The number of nitrogens with zero attached hydrogens (tertiary/aromatic N) is 2. The Kier molecular flexibility index (Phi) is 3.22. The molecule has 1 fully saturated rings. The van der Waals surface area contributed by atoms with Crippen molar-refractivity contribution in [2.24, 2.45) is 0 Å². The predicted molar refractivity (Wildman–Crippen MR) is 58.5 cm³/mol. The van der Waals surface area contributed by atoms with E-state index >= 15 is 0 Å². The highest BCUT2D eigenvalue weighted by Crippen LogP contribution is 2.08. The van der Waals surface area contributed by atoms with Gasteiger partial charge in [-0.15, -0.1) is 0 Å². The van der Waals surface area contributed by atoms with E-state index in [1.54, 1.807) is 0 Å². The third kappa shape index (κ3) is 2.72. The molecule has 1 aliphatic rings. The van der Waals surface area contributed by atoms with E-state index in [1.807, 2.05) is 35.2 Å². The second-order valence-corrected chi connectivity index (χ2v) is 3.78. The number of carbonyl (C=O) groups is 1. The van der Waals surface area contributed by atoms with Crippen LogP contribution in [0.25, 0.3) is 0 Å². The van der Waals surface area contributed by atoms with Gasteiger partial charge in [0.1, 0.15) is 0 Å². The van der Waals surface area contributed by atoms with Gasteiger partial charge in [-0.05, 0) is 18.4 Å². The summed E-state index contributed by atoms with van der Waals surface area (Å²) in [6, 6.07) is 9.81. The summed E-state index contributed by atoms with van der Waals surface area (Å²) >= 11 is 0. The van der Waals surface area contributed by atoms with Crippen LogP contribution in [0.1, 0.15) is 18.4 Å². The fourth-order valence-electron chi connectivity index (χ4n) is 1.75. The fraction of sp³-hybridized carbons (Fsp3) is 0.417. The van der Waals surface area contributed by atoms with E-state index in [0.29, 0.717) is 6.54 Å². The van der Waals surface area contributed by atoms with Gasteiger partial charge in [-0.1, -0.05) is 30.3 Å². The van der Waals surface area contributed by atoms with Crippen LogP contribution < -0.4 is 5.32 Å². The van der Waals surface area contributed by atoms with Gasteiger partial charge < -0.3 is 4.90 Å². The molecule has 1 heterocycles. The van der Waals surface area contributed by atoms with Gasteiger partial charge in [0.15, 0.2) is 0 Å². The average Bonchev–Trinajstić information content (AvgIpc) is 2.81. The number of rotatable bonds is 2. The summed E-state index contributed by atoms with van der Waals surface area (Å²) in [5.41, 5.74) is 1.09. The Morgan fingerprint density at radius 3 is 2.53 bits per heavy atom. The van der Waals surface area contributed by atoms with Crippen LogP contribution >= 0.6 is 0 Å². The van der Waals surface area contributed by atoms with Crippen molar-refractivity contribution < 1.29 is 4.79 Å². The highest BCUT2D eigenvalue weighted by atomic mass is 16.2. The molecule has 0 spiro atoms. The lowest BCUT2D eigenvalue weighted by Gasteiger charge is -2.13. The van der Waals surface area contributed by atoms with Crippen molar-refractivity contribution in [1.82, 2.24) is 10.2 Å². The summed E-state index contributed by atoms with van der Waals surface area (Å²) in [7, 11) is 0. The molecule has 0 N–H and O–H groups in total. The predicted octanol–water partition coefficient (Wildman–Crippen LogP) is 2.01. The summed E-state index contributed by atoms with van der Waals surface area (Å²) < 4.78 is 0. The van der Waals surface area contributed by atoms with Crippen molar-refractivity contribution in [3.63, 3.8) is 0 Å². The molecule has 1 aromatic rings. The molecule has 2 rings (SSSR count). The zero-order valence-corrected chi connectivity index (χ0v) is 8.72. The molecule has 2 amide bonds. The Morgan fingerprint density at radius 2 is 1.87 bits per heavy atom. The highest BCUT2D eigenvalue weighted by Gasteiger charge is 2.18. The highest BCUT2D eigenvalue weighted by molar-refractivity contribution is 5.74. The van der Waals surface area contributed by atoms with Gasteiger partial charge in [0.05, 0.1) is 6.54 Å². The number of likely N-dealkylation sites (tertiary alicyclic amines) is 1. The monoisotopic (exact) mass is 203 g/mol. The van der Waals surface area contributed by atoms with E-state index in [9.17, 15) is 4.79 Å². The largest absolute Gasteiger partial charge is 0.339 e. The van der Waals surface area contributed by atoms with Crippen molar-refractivity contribution in [3.05, 3.63) is 35.9 Å². The number of hydrogen-bond donors (Lipinski definition) is 0. The molecule has 0 saturated carbocycles. The summed E-state index contributed by atoms with van der Waals surface area (Å²) in [4.78, 5) is 13.4. The number of benzene rings is 1. The molecular formula is C12H15N2O. The Hall–Kier alpha value is -1.51. The van der Waals surface area contributed by atoms with Crippen molar-refractivity contribution in [3.8, 4) is 0 Å². The molecule has 1 radical (unpaired) electrons. The van der Waals surface area contributed by atoms with E-state index in [1.165, 1.54) is 0 Å².